The summed E-state index contributed by atoms with van der Waals surface area (Å²) in [7, 11) is 0. The Morgan fingerprint density at radius 2 is 2.29 bits per heavy atom. The Bertz CT molecular complexity index is 673. The number of amides is 1. The van der Waals surface area contributed by atoms with Crippen LogP contribution in [-0.4, -0.2) is 33.3 Å². The van der Waals surface area contributed by atoms with E-state index in [1.54, 1.807) is 23.0 Å². The largest absolute Gasteiger partial charge is 0.478 e. The molecule has 2 heterocycles. The van der Waals surface area contributed by atoms with Crippen molar-refractivity contribution in [3.63, 3.8) is 0 Å². The van der Waals surface area contributed by atoms with Gasteiger partial charge < -0.3 is 10.4 Å². The van der Waals surface area contributed by atoms with Crippen molar-refractivity contribution in [2.24, 2.45) is 0 Å². The second-order valence-corrected chi connectivity index (χ2v) is 5.53. The number of aliphatic carboxylic acids is 1. The molecule has 0 saturated carbocycles. The first-order valence-electron chi connectivity index (χ1n) is 6.32. The summed E-state index contributed by atoms with van der Waals surface area (Å²) in [5.41, 5.74) is 1.08. The molecule has 0 saturated heterocycles. The molecule has 0 bridgehead atoms. The molecule has 2 aromatic heterocycles. The lowest BCUT2D eigenvalue weighted by Gasteiger charge is -2.03. The van der Waals surface area contributed by atoms with E-state index in [0.717, 1.165) is 16.5 Å². The van der Waals surface area contributed by atoms with Gasteiger partial charge in [0.05, 0.1) is 17.6 Å². The molecular weight excluding hydrogens is 290 g/mol. The van der Waals surface area contributed by atoms with Gasteiger partial charge in [-0.25, -0.2) is 4.79 Å². The van der Waals surface area contributed by atoms with Crippen molar-refractivity contribution in [3.05, 3.63) is 45.9 Å². The predicted molar refractivity (Wildman–Crippen MR) is 80.3 cm³/mol. The lowest BCUT2D eigenvalue weighted by atomic mass is 10.4. The third-order valence-corrected chi connectivity index (χ3v) is 3.68. The smallest absolute Gasteiger partial charge is 0.328 e. The molecule has 0 unspecified atom stereocenters. The summed E-state index contributed by atoms with van der Waals surface area (Å²) in [6.07, 6.45) is 6.19. The van der Waals surface area contributed by atoms with Gasteiger partial charge in [0, 0.05) is 23.7 Å². The Kier molecular flexibility index (Phi) is 4.89. The monoisotopic (exact) mass is 305 g/mol. The van der Waals surface area contributed by atoms with Crippen molar-refractivity contribution in [2.75, 3.05) is 6.54 Å². The van der Waals surface area contributed by atoms with E-state index in [-0.39, 0.29) is 5.91 Å². The lowest BCUT2D eigenvalue weighted by Crippen LogP contribution is -2.26. The standard InChI is InChI=1S/C14H15N3O3S/c1-10-8-16-17(9-10)7-6-15-14(20)12-4-2-11(21-12)3-5-13(18)19/h2-5,8-9H,6-7H2,1H3,(H,15,20)(H,18,19)/b5-3+. The van der Waals surface area contributed by atoms with E-state index in [4.69, 9.17) is 5.11 Å². The highest BCUT2D eigenvalue weighted by Crippen LogP contribution is 2.17. The summed E-state index contributed by atoms with van der Waals surface area (Å²) in [6.45, 7) is 3.05. The van der Waals surface area contributed by atoms with Gasteiger partial charge in [0.1, 0.15) is 0 Å². The molecule has 7 heteroatoms. The van der Waals surface area contributed by atoms with E-state index in [2.05, 4.69) is 10.4 Å². The van der Waals surface area contributed by atoms with E-state index in [9.17, 15) is 9.59 Å². The number of hydrogen-bond donors (Lipinski definition) is 2. The Balaban J connectivity index is 1.84. The fourth-order valence-electron chi connectivity index (χ4n) is 1.68. The Labute approximate surface area is 125 Å². The van der Waals surface area contributed by atoms with Crippen LogP contribution >= 0.6 is 11.3 Å². The van der Waals surface area contributed by atoms with E-state index >= 15 is 0 Å². The average molecular weight is 305 g/mol. The maximum absolute atomic E-state index is 11.9. The van der Waals surface area contributed by atoms with Crippen LogP contribution in [0.5, 0.6) is 0 Å². The van der Waals surface area contributed by atoms with Crippen LogP contribution in [-0.2, 0) is 11.3 Å². The minimum absolute atomic E-state index is 0.168. The van der Waals surface area contributed by atoms with E-state index in [0.29, 0.717) is 18.0 Å². The van der Waals surface area contributed by atoms with Gasteiger partial charge in [-0.3, -0.25) is 9.48 Å². The van der Waals surface area contributed by atoms with Gasteiger partial charge in [-0.15, -0.1) is 11.3 Å². The number of thiophene rings is 1. The molecule has 0 aliphatic rings. The van der Waals surface area contributed by atoms with Gasteiger partial charge in [-0.1, -0.05) is 0 Å². The number of carbonyl (C=O) groups excluding carboxylic acids is 1. The van der Waals surface area contributed by atoms with Crippen molar-refractivity contribution < 1.29 is 14.7 Å². The molecule has 1 amide bonds. The zero-order valence-corrected chi connectivity index (χ0v) is 12.3. The molecule has 2 aromatic rings. The second-order valence-electron chi connectivity index (χ2n) is 4.41. The maximum atomic E-state index is 11.9. The molecule has 0 aliphatic carbocycles. The minimum Gasteiger partial charge on any atom is -0.478 e. The van der Waals surface area contributed by atoms with Crippen molar-refractivity contribution in [1.29, 1.82) is 0 Å². The summed E-state index contributed by atoms with van der Waals surface area (Å²) < 4.78 is 1.77. The maximum Gasteiger partial charge on any atom is 0.328 e. The van der Waals surface area contributed by atoms with E-state index < -0.39 is 5.97 Å². The number of aryl methyl sites for hydroxylation is 1. The van der Waals surface area contributed by atoms with Crippen molar-refractivity contribution >= 4 is 29.3 Å². The molecule has 0 fully saturated rings. The van der Waals surface area contributed by atoms with Crippen LogP contribution in [0, 0.1) is 6.92 Å². The van der Waals surface area contributed by atoms with Crippen LogP contribution in [0.1, 0.15) is 20.1 Å². The number of carbonyl (C=O) groups is 2. The van der Waals surface area contributed by atoms with Gasteiger partial charge in [-0.05, 0) is 30.7 Å². The molecular formula is C14H15N3O3S. The first-order chi connectivity index (χ1) is 10.0. The topological polar surface area (TPSA) is 84.2 Å². The zero-order valence-electron chi connectivity index (χ0n) is 11.4. The number of carboxylic acids is 1. The van der Waals surface area contributed by atoms with Crippen LogP contribution < -0.4 is 5.32 Å². The quantitative estimate of drug-likeness (QED) is 0.797. The van der Waals surface area contributed by atoms with Gasteiger partial charge in [0.15, 0.2) is 0 Å². The van der Waals surface area contributed by atoms with Crippen molar-refractivity contribution in [2.45, 2.75) is 13.5 Å². The number of nitrogens with zero attached hydrogens (tertiary/aromatic N) is 2. The first-order valence-corrected chi connectivity index (χ1v) is 7.14. The highest BCUT2D eigenvalue weighted by Gasteiger charge is 2.07. The number of hydrogen-bond acceptors (Lipinski definition) is 4. The summed E-state index contributed by atoms with van der Waals surface area (Å²) in [4.78, 5) is 23.6. The molecule has 2 N–H and O–H groups in total. The van der Waals surface area contributed by atoms with E-state index in [1.807, 2.05) is 13.1 Å². The number of carboxylic acid groups (broad SMARTS) is 1. The highest BCUT2D eigenvalue weighted by atomic mass is 32.1. The van der Waals surface area contributed by atoms with Crippen molar-refractivity contribution in [3.8, 4) is 0 Å². The fraction of sp³-hybridized carbons (Fsp3) is 0.214. The van der Waals surface area contributed by atoms with Crippen molar-refractivity contribution in [1.82, 2.24) is 15.1 Å². The normalized spacial score (nSPS) is 10.9. The van der Waals surface area contributed by atoms with Gasteiger partial charge >= 0.3 is 5.97 Å². The highest BCUT2D eigenvalue weighted by molar-refractivity contribution is 7.14. The molecule has 110 valence electrons. The third-order valence-electron chi connectivity index (χ3n) is 2.63. The summed E-state index contributed by atoms with van der Waals surface area (Å²) >= 11 is 1.25. The van der Waals surface area contributed by atoms with Crippen LogP contribution in [0.4, 0.5) is 0 Å². The second kappa shape index (κ2) is 6.85. The van der Waals surface area contributed by atoms with Crippen LogP contribution in [0.15, 0.2) is 30.6 Å². The van der Waals surface area contributed by atoms with Gasteiger partial charge in [-0.2, -0.15) is 5.10 Å². The summed E-state index contributed by atoms with van der Waals surface area (Å²) in [5.74, 6) is -1.18. The van der Waals surface area contributed by atoms with Crippen LogP contribution in [0.3, 0.4) is 0 Å². The fourth-order valence-corrected chi connectivity index (χ4v) is 2.51. The van der Waals surface area contributed by atoms with E-state index in [1.165, 1.54) is 17.4 Å². The third kappa shape index (κ3) is 4.57. The minimum atomic E-state index is -1.01. The van der Waals surface area contributed by atoms with Crippen LogP contribution in [0.25, 0.3) is 6.08 Å². The molecule has 6 nitrogen and oxygen atoms in total. The molecule has 0 aliphatic heterocycles. The molecule has 0 radical (unpaired) electrons. The van der Waals surface area contributed by atoms with Crippen LogP contribution in [0.2, 0.25) is 0 Å². The number of aromatic nitrogens is 2. The summed E-state index contributed by atoms with van der Waals surface area (Å²) in [5, 5.41) is 15.5. The van der Waals surface area contributed by atoms with Gasteiger partial charge in [0.2, 0.25) is 0 Å². The Morgan fingerprint density at radius 3 is 2.95 bits per heavy atom. The molecule has 0 atom stereocenters. The lowest BCUT2D eigenvalue weighted by molar-refractivity contribution is -0.131. The Hall–Kier alpha value is -2.41. The number of nitrogens with one attached hydrogen (secondary N) is 1. The average Bonchev–Trinajstić information content (AvgIpc) is 3.05. The zero-order chi connectivity index (χ0) is 15.2. The Morgan fingerprint density at radius 1 is 1.48 bits per heavy atom. The SMILES string of the molecule is Cc1cnn(CCNC(=O)c2ccc(/C=C/C(=O)O)s2)c1. The number of rotatable bonds is 6. The molecule has 0 aromatic carbocycles. The summed E-state index contributed by atoms with van der Waals surface area (Å²) in [6, 6.07) is 3.40. The molecule has 21 heavy (non-hydrogen) atoms. The van der Waals surface area contributed by atoms with Gasteiger partial charge in [0.25, 0.3) is 5.91 Å². The predicted octanol–water partition coefficient (Wildman–Crippen LogP) is 1.78. The molecule has 0 spiro atoms. The first kappa shape index (κ1) is 15.0. The molecule has 2 rings (SSSR count).